The van der Waals surface area contributed by atoms with Gasteiger partial charge < -0.3 is 15.4 Å². The molecule has 0 unspecified atom stereocenters. The summed E-state index contributed by atoms with van der Waals surface area (Å²) >= 11 is 0. The van der Waals surface area contributed by atoms with Gasteiger partial charge in [-0.2, -0.15) is 0 Å². The van der Waals surface area contributed by atoms with E-state index in [-0.39, 0.29) is 24.3 Å². The van der Waals surface area contributed by atoms with Crippen molar-refractivity contribution in [3.63, 3.8) is 0 Å². The third-order valence-corrected chi connectivity index (χ3v) is 3.05. The number of hydrogen-bond acceptors (Lipinski definition) is 4. The molecule has 2 N–H and O–H groups in total. The van der Waals surface area contributed by atoms with E-state index in [2.05, 4.69) is 15.4 Å². The number of ether oxygens (including phenoxy) is 1. The zero-order valence-electron chi connectivity index (χ0n) is 12.8. The summed E-state index contributed by atoms with van der Waals surface area (Å²) < 4.78 is 4.54. The molecule has 0 saturated heterocycles. The number of benzene rings is 1. The topological polar surface area (TPSA) is 84.5 Å². The van der Waals surface area contributed by atoms with Crippen LogP contribution in [0.5, 0.6) is 0 Å². The van der Waals surface area contributed by atoms with Crippen LogP contribution in [-0.2, 0) is 14.3 Å². The number of amides is 2. The van der Waals surface area contributed by atoms with E-state index in [0.29, 0.717) is 18.5 Å². The summed E-state index contributed by atoms with van der Waals surface area (Å²) in [5.74, 6) is -0.710. The molecule has 0 saturated carbocycles. The van der Waals surface area contributed by atoms with Crippen molar-refractivity contribution in [1.29, 1.82) is 0 Å². The Hall–Kier alpha value is -2.37. The lowest BCUT2D eigenvalue weighted by Gasteiger charge is -2.07. The molecule has 1 aromatic carbocycles. The van der Waals surface area contributed by atoms with Crippen LogP contribution in [0, 0.1) is 0 Å². The van der Waals surface area contributed by atoms with Crippen LogP contribution in [-0.4, -0.2) is 38.0 Å². The second-order valence-electron chi connectivity index (χ2n) is 4.79. The van der Waals surface area contributed by atoms with E-state index in [1.54, 1.807) is 24.3 Å². The molecule has 0 spiro atoms. The number of rotatable bonds is 9. The second kappa shape index (κ2) is 10.4. The number of carbonyl (C=O) groups excluding carboxylic acids is 3. The molecular formula is C16H22N2O4. The molecule has 0 heterocycles. The van der Waals surface area contributed by atoms with E-state index in [0.717, 1.165) is 19.3 Å². The fourth-order valence-electron chi connectivity index (χ4n) is 1.82. The molecule has 1 aromatic rings. The van der Waals surface area contributed by atoms with Gasteiger partial charge in [0.1, 0.15) is 0 Å². The van der Waals surface area contributed by atoms with Gasteiger partial charge >= 0.3 is 5.97 Å². The van der Waals surface area contributed by atoms with Crippen LogP contribution in [0.15, 0.2) is 30.3 Å². The fraction of sp³-hybridized carbons (Fsp3) is 0.438. The first kappa shape index (κ1) is 17.7. The minimum atomic E-state index is -0.270. The van der Waals surface area contributed by atoms with Crippen molar-refractivity contribution in [3.8, 4) is 0 Å². The lowest BCUT2D eigenvalue weighted by Crippen LogP contribution is -2.37. The van der Waals surface area contributed by atoms with Crippen LogP contribution in [0.4, 0.5) is 0 Å². The summed E-state index contributed by atoms with van der Waals surface area (Å²) in [6.07, 6.45) is 2.77. The van der Waals surface area contributed by atoms with Gasteiger partial charge in [0.05, 0.1) is 13.7 Å². The molecular weight excluding hydrogens is 284 g/mol. The van der Waals surface area contributed by atoms with E-state index in [9.17, 15) is 14.4 Å². The average molecular weight is 306 g/mol. The number of methoxy groups -OCH3 is 1. The van der Waals surface area contributed by atoms with Crippen molar-refractivity contribution in [2.75, 3.05) is 20.2 Å². The molecule has 0 fully saturated rings. The number of carbonyl (C=O) groups is 3. The van der Waals surface area contributed by atoms with Crippen LogP contribution in [0.2, 0.25) is 0 Å². The highest BCUT2D eigenvalue weighted by atomic mass is 16.5. The Bertz CT molecular complexity index is 488. The summed E-state index contributed by atoms with van der Waals surface area (Å²) in [5.41, 5.74) is 0.526. The molecule has 6 nitrogen and oxygen atoms in total. The van der Waals surface area contributed by atoms with Gasteiger partial charge in [0.25, 0.3) is 5.91 Å². The van der Waals surface area contributed by atoms with Crippen LogP contribution < -0.4 is 10.6 Å². The number of unbranched alkanes of at least 4 members (excludes halogenated alkanes) is 2. The normalized spacial score (nSPS) is 9.86. The summed E-state index contributed by atoms with van der Waals surface area (Å²) in [5, 5.41) is 5.28. The maximum absolute atomic E-state index is 11.7. The third kappa shape index (κ3) is 7.42. The van der Waals surface area contributed by atoms with Crippen LogP contribution in [0.25, 0.3) is 0 Å². The minimum Gasteiger partial charge on any atom is -0.469 e. The molecule has 120 valence electrons. The van der Waals surface area contributed by atoms with E-state index in [1.165, 1.54) is 7.11 Å². The quantitative estimate of drug-likeness (QED) is 0.531. The standard InChI is InChI=1S/C16H22N2O4/c1-22-15(20)10-6-3-7-11-17-14(19)12-18-16(21)13-8-4-2-5-9-13/h2,4-5,8-9H,3,6-7,10-12H2,1H3,(H,17,19)(H,18,21). The van der Waals surface area contributed by atoms with Crippen molar-refractivity contribution in [3.05, 3.63) is 35.9 Å². The van der Waals surface area contributed by atoms with Gasteiger partial charge in [0.2, 0.25) is 5.91 Å². The summed E-state index contributed by atoms with van der Waals surface area (Å²) in [4.78, 5) is 34.2. The molecule has 6 heteroatoms. The maximum atomic E-state index is 11.7. The summed E-state index contributed by atoms with van der Waals surface area (Å²) in [6.45, 7) is 0.483. The van der Waals surface area contributed by atoms with Crippen LogP contribution >= 0.6 is 0 Å². The molecule has 0 aromatic heterocycles. The Morgan fingerprint density at radius 1 is 1.00 bits per heavy atom. The molecule has 0 bridgehead atoms. The van der Waals surface area contributed by atoms with E-state index < -0.39 is 0 Å². The number of esters is 1. The molecule has 0 atom stereocenters. The third-order valence-electron chi connectivity index (χ3n) is 3.05. The maximum Gasteiger partial charge on any atom is 0.305 e. The molecule has 22 heavy (non-hydrogen) atoms. The van der Waals surface area contributed by atoms with Gasteiger partial charge in [-0.25, -0.2) is 0 Å². The van der Waals surface area contributed by atoms with Gasteiger partial charge in [-0.1, -0.05) is 24.6 Å². The smallest absolute Gasteiger partial charge is 0.305 e. The van der Waals surface area contributed by atoms with Gasteiger partial charge in [-0.05, 0) is 25.0 Å². The zero-order valence-corrected chi connectivity index (χ0v) is 12.8. The number of hydrogen-bond donors (Lipinski definition) is 2. The molecule has 0 radical (unpaired) electrons. The van der Waals surface area contributed by atoms with Crippen molar-refractivity contribution < 1.29 is 19.1 Å². The molecule has 0 aliphatic carbocycles. The Morgan fingerprint density at radius 2 is 1.73 bits per heavy atom. The van der Waals surface area contributed by atoms with Crippen molar-refractivity contribution in [2.45, 2.75) is 25.7 Å². The minimum absolute atomic E-state index is 0.0457. The van der Waals surface area contributed by atoms with Gasteiger partial charge in [-0.3, -0.25) is 14.4 Å². The van der Waals surface area contributed by atoms with Gasteiger partial charge in [-0.15, -0.1) is 0 Å². The first-order valence-electron chi connectivity index (χ1n) is 7.30. The summed E-state index contributed by atoms with van der Waals surface area (Å²) in [7, 11) is 1.37. The lowest BCUT2D eigenvalue weighted by molar-refractivity contribution is -0.140. The van der Waals surface area contributed by atoms with E-state index in [1.807, 2.05) is 6.07 Å². The van der Waals surface area contributed by atoms with Gasteiger partial charge in [0.15, 0.2) is 0 Å². The van der Waals surface area contributed by atoms with E-state index in [4.69, 9.17) is 0 Å². The van der Waals surface area contributed by atoms with Crippen molar-refractivity contribution in [1.82, 2.24) is 10.6 Å². The largest absolute Gasteiger partial charge is 0.469 e. The fourth-order valence-corrected chi connectivity index (χ4v) is 1.82. The zero-order chi connectivity index (χ0) is 16.2. The van der Waals surface area contributed by atoms with Crippen LogP contribution in [0.3, 0.4) is 0 Å². The van der Waals surface area contributed by atoms with Crippen molar-refractivity contribution in [2.24, 2.45) is 0 Å². The van der Waals surface area contributed by atoms with Crippen molar-refractivity contribution >= 4 is 17.8 Å². The molecule has 1 rings (SSSR count). The molecule has 0 aliphatic rings. The Morgan fingerprint density at radius 3 is 2.41 bits per heavy atom. The summed E-state index contributed by atoms with van der Waals surface area (Å²) in [6, 6.07) is 8.74. The lowest BCUT2D eigenvalue weighted by atomic mass is 10.2. The monoisotopic (exact) mass is 306 g/mol. The Balaban J connectivity index is 2.07. The first-order chi connectivity index (χ1) is 10.6. The number of nitrogens with one attached hydrogen (secondary N) is 2. The Labute approximate surface area is 130 Å². The second-order valence-corrected chi connectivity index (χ2v) is 4.79. The predicted molar refractivity (Wildman–Crippen MR) is 82.3 cm³/mol. The Kier molecular flexibility index (Phi) is 8.33. The molecule has 0 aliphatic heterocycles. The highest BCUT2D eigenvalue weighted by Gasteiger charge is 2.06. The predicted octanol–water partition coefficient (Wildman–Crippen LogP) is 1.27. The van der Waals surface area contributed by atoms with E-state index >= 15 is 0 Å². The highest BCUT2D eigenvalue weighted by molar-refractivity contribution is 5.96. The van der Waals surface area contributed by atoms with Gasteiger partial charge in [0, 0.05) is 18.5 Å². The molecule has 2 amide bonds. The first-order valence-corrected chi connectivity index (χ1v) is 7.30. The highest BCUT2D eigenvalue weighted by Crippen LogP contribution is 2.00. The average Bonchev–Trinajstić information content (AvgIpc) is 2.56. The SMILES string of the molecule is COC(=O)CCCCCNC(=O)CNC(=O)c1ccccc1. The van der Waals surface area contributed by atoms with Crippen LogP contribution in [0.1, 0.15) is 36.0 Å².